The summed E-state index contributed by atoms with van der Waals surface area (Å²) in [6, 6.07) is 9.48. The second-order valence-corrected chi connectivity index (χ2v) is 7.61. The summed E-state index contributed by atoms with van der Waals surface area (Å²) in [7, 11) is 0. The van der Waals surface area contributed by atoms with Gasteiger partial charge in [-0.25, -0.2) is 4.68 Å². The van der Waals surface area contributed by atoms with Crippen LogP contribution >= 0.6 is 0 Å². The second-order valence-electron chi connectivity index (χ2n) is 7.61. The second kappa shape index (κ2) is 7.62. The lowest BCUT2D eigenvalue weighted by Gasteiger charge is -2.33. The minimum atomic E-state index is -0.890. The molecule has 2 heterocycles. The number of fused-ring (bicyclic) bond motifs is 1. The first-order valence-electron chi connectivity index (χ1n) is 9.80. The van der Waals surface area contributed by atoms with E-state index in [-0.39, 0.29) is 12.2 Å². The molecule has 0 spiro atoms. The molecule has 0 bridgehead atoms. The van der Waals surface area contributed by atoms with E-state index in [1.807, 2.05) is 30.3 Å². The SMILES string of the molecule is Cc1c(C(=O)NCC2(C(=O)O)CCCCC2)nnn1-c1cccc2ncccc12. The number of aliphatic carboxylic acids is 1. The first kappa shape index (κ1) is 19.0. The number of pyridine rings is 1. The van der Waals surface area contributed by atoms with E-state index in [0.29, 0.717) is 18.5 Å². The summed E-state index contributed by atoms with van der Waals surface area (Å²) in [5.74, 6) is -1.25. The van der Waals surface area contributed by atoms with Crippen molar-refractivity contribution < 1.29 is 14.7 Å². The van der Waals surface area contributed by atoms with Crippen LogP contribution in [-0.2, 0) is 4.79 Å². The Hall–Kier alpha value is -3.29. The van der Waals surface area contributed by atoms with E-state index in [1.165, 1.54) is 0 Å². The van der Waals surface area contributed by atoms with Crippen LogP contribution in [0.15, 0.2) is 36.5 Å². The van der Waals surface area contributed by atoms with Crippen molar-refractivity contribution in [1.29, 1.82) is 0 Å². The third-order valence-electron chi connectivity index (χ3n) is 5.81. The fourth-order valence-corrected chi connectivity index (χ4v) is 4.07. The fraction of sp³-hybridized carbons (Fsp3) is 0.381. The Morgan fingerprint density at radius 3 is 2.72 bits per heavy atom. The topological polar surface area (TPSA) is 110 Å². The van der Waals surface area contributed by atoms with Crippen LogP contribution < -0.4 is 5.32 Å². The highest BCUT2D eigenvalue weighted by atomic mass is 16.4. The molecule has 0 saturated heterocycles. The molecule has 150 valence electrons. The molecule has 0 aliphatic heterocycles. The maximum absolute atomic E-state index is 12.7. The number of aromatic nitrogens is 4. The molecule has 1 aliphatic rings. The van der Waals surface area contributed by atoms with Gasteiger partial charge in [-0.15, -0.1) is 5.10 Å². The van der Waals surface area contributed by atoms with Crippen LogP contribution in [-0.4, -0.2) is 43.5 Å². The number of carbonyl (C=O) groups excluding carboxylic acids is 1. The molecule has 29 heavy (non-hydrogen) atoms. The highest BCUT2D eigenvalue weighted by Crippen LogP contribution is 2.36. The molecule has 0 atom stereocenters. The summed E-state index contributed by atoms with van der Waals surface area (Å²) >= 11 is 0. The number of amides is 1. The van der Waals surface area contributed by atoms with Gasteiger partial charge >= 0.3 is 5.97 Å². The predicted octanol–water partition coefficient (Wildman–Crippen LogP) is 2.89. The highest BCUT2D eigenvalue weighted by Gasteiger charge is 2.40. The number of rotatable bonds is 5. The van der Waals surface area contributed by atoms with Gasteiger partial charge in [0.15, 0.2) is 5.69 Å². The molecule has 3 aromatic rings. The number of hydrogen-bond donors (Lipinski definition) is 2. The number of carbonyl (C=O) groups is 2. The van der Waals surface area contributed by atoms with Gasteiger partial charge in [-0.3, -0.25) is 14.6 Å². The average molecular weight is 393 g/mol. The van der Waals surface area contributed by atoms with E-state index in [0.717, 1.165) is 35.9 Å². The maximum Gasteiger partial charge on any atom is 0.311 e. The largest absolute Gasteiger partial charge is 0.481 e. The third-order valence-corrected chi connectivity index (χ3v) is 5.81. The number of carboxylic acids is 1. The molecule has 2 aromatic heterocycles. The average Bonchev–Trinajstić information content (AvgIpc) is 3.13. The van der Waals surface area contributed by atoms with Gasteiger partial charge in [-0.05, 0) is 44.0 Å². The summed E-state index contributed by atoms with van der Waals surface area (Å²) in [5.41, 5.74) is 1.51. The fourth-order valence-electron chi connectivity index (χ4n) is 4.07. The van der Waals surface area contributed by atoms with Gasteiger partial charge in [0.2, 0.25) is 0 Å². The lowest BCUT2D eigenvalue weighted by molar-refractivity contribution is -0.150. The summed E-state index contributed by atoms with van der Waals surface area (Å²) < 4.78 is 1.62. The molecule has 0 radical (unpaired) electrons. The van der Waals surface area contributed by atoms with Gasteiger partial charge in [0.25, 0.3) is 5.91 Å². The Kier molecular flexibility index (Phi) is 5.00. The van der Waals surface area contributed by atoms with Crippen LogP contribution in [0.3, 0.4) is 0 Å². The summed E-state index contributed by atoms with van der Waals surface area (Å²) in [5, 5.41) is 21.6. The Bertz CT molecular complexity index is 1060. The van der Waals surface area contributed by atoms with Crippen molar-refractivity contribution in [1.82, 2.24) is 25.3 Å². The number of nitrogens with one attached hydrogen (secondary N) is 1. The van der Waals surface area contributed by atoms with Crippen LogP contribution in [0.5, 0.6) is 0 Å². The molecule has 1 amide bonds. The van der Waals surface area contributed by atoms with Gasteiger partial charge in [-0.2, -0.15) is 0 Å². The molecular weight excluding hydrogens is 370 g/mol. The number of benzene rings is 1. The van der Waals surface area contributed by atoms with Crippen molar-refractivity contribution in [2.75, 3.05) is 6.54 Å². The van der Waals surface area contributed by atoms with Crippen molar-refractivity contribution >= 4 is 22.8 Å². The van der Waals surface area contributed by atoms with Gasteiger partial charge in [-0.1, -0.05) is 30.5 Å². The van der Waals surface area contributed by atoms with E-state index in [2.05, 4.69) is 20.6 Å². The van der Waals surface area contributed by atoms with Gasteiger partial charge < -0.3 is 10.4 Å². The Balaban J connectivity index is 1.58. The summed E-state index contributed by atoms with van der Waals surface area (Å²) in [6.45, 7) is 1.88. The minimum Gasteiger partial charge on any atom is -0.481 e. The highest BCUT2D eigenvalue weighted by molar-refractivity contribution is 5.94. The third kappa shape index (κ3) is 3.46. The normalized spacial score (nSPS) is 15.9. The van der Waals surface area contributed by atoms with Crippen LogP contribution in [0.1, 0.15) is 48.3 Å². The lowest BCUT2D eigenvalue weighted by Crippen LogP contribution is -2.44. The summed E-state index contributed by atoms with van der Waals surface area (Å²) in [6.07, 6.45) is 5.66. The smallest absolute Gasteiger partial charge is 0.311 e. The van der Waals surface area contributed by atoms with E-state index < -0.39 is 17.3 Å². The van der Waals surface area contributed by atoms with Crippen molar-refractivity contribution in [2.45, 2.75) is 39.0 Å². The lowest BCUT2D eigenvalue weighted by atomic mass is 9.74. The quantitative estimate of drug-likeness (QED) is 0.690. The van der Waals surface area contributed by atoms with E-state index in [9.17, 15) is 14.7 Å². The molecule has 1 aromatic carbocycles. The standard InChI is InChI=1S/C21H23N5O3/c1-14-18(19(27)23-13-21(20(28)29)10-3-2-4-11-21)24-25-26(14)17-9-5-8-16-15(17)7-6-12-22-16/h5-9,12H,2-4,10-11,13H2,1H3,(H,23,27)(H,28,29). The van der Waals surface area contributed by atoms with Crippen LogP contribution in [0.4, 0.5) is 0 Å². The molecule has 4 rings (SSSR count). The van der Waals surface area contributed by atoms with E-state index >= 15 is 0 Å². The number of hydrogen-bond acceptors (Lipinski definition) is 5. The molecular formula is C21H23N5O3. The first-order chi connectivity index (χ1) is 14.0. The van der Waals surface area contributed by atoms with Crippen LogP contribution in [0.2, 0.25) is 0 Å². The van der Waals surface area contributed by atoms with E-state index in [4.69, 9.17) is 0 Å². The van der Waals surface area contributed by atoms with Crippen molar-refractivity contribution in [3.05, 3.63) is 47.9 Å². The van der Waals surface area contributed by atoms with Crippen molar-refractivity contribution in [3.63, 3.8) is 0 Å². The first-order valence-corrected chi connectivity index (χ1v) is 9.80. The molecule has 8 nitrogen and oxygen atoms in total. The Morgan fingerprint density at radius 1 is 1.17 bits per heavy atom. The molecule has 0 unspecified atom stereocenters. The zero-order chi connectivity index (χ0) is 20.4. The van der Waals surface area contributed by atoms with Crippen molar-refractivity contribution in [2.24, 2.45) is 5.41 Å². The summed E-state index contributed by atoms with van der Waals surface area (Å²) in [4.78, 5) is 28.9. The minimum absolute atomic E-state index is 0.103. The molecule has 1 fully saturated rings. The number of carboxylic acid groups (broad SMARTS) is 1. The van der Waals surface area contributed by atoms with Gasteiger partial charge in [0, 0.05) is 18.1 Å². The van der Waals surface area contributed by atoms with Crippen molar-refractivity contribution in [3.8, 4) is 5.69 Å². The van der Waals surface area contributed by atoms with Gasteiger partial charge in [0.05, 0.1) is 22.3 Å². The van der Waals surface area contributed by atoms with Gasteiger partial charge in [0.1, 0.15) is 0 Å². The maximum atomic E-state index is 12.7. The molecule has 8 heteroatoms. The van der Waals surface area contributed by atoms with Crippen LogP contribution in [0, 0.1) is 12.3 Å². The monoisotopic (exact) mass is 393 g/mol. The zero-order valence-corrected chi connectivity index (χ0v) is 16.3. The number of nitrogens with zero attached hydrogens (tertiary/aromatic N) is 4. The zero-order valence-electron chi connectivity index (χ0n) is 16.3. The Labute approximate surface area is 167 Å². The predicted molar refractivity (Wildman–Crippen MR) is 107 cm³/mol. The molecule has 2 N–H and O–H groups in total. The van der Waals surface area contributed by atoms with E-state index in [1.54, 1.807) is 17.8 Å². The Morgan fingerprint density at radius 2 is 1.97 bits per heavy atom. The van der Waals surface area contributed by atoms with Crippen LogP contribution in [0.25, 0.3) is 16.6 Å². The molecule has 1 aliphatic carbocycles. The molecule has 1 saturated carbocycles.